The third-order valence-corrected chi connectivity index (χ3v) is 9.64. The Morgan fingerprint density at radius 2 is 1.45 bits per heavy atom. The second-order valence-electron chi connectivity index (χ2n) is 9.50. The van der Waals surface area contributed by atoms with Crippen LogP contribution in [0.2, 0.25) is 0 Å². The van der Waals surface area contributed by atoms with Crippen molar-refractivity contribution in [1.82, 2.24) is 10.2 Å². The van der Waals surface area contributed by atoms with E-state index < -0.39 is 41.7 Å². The number of hydrogen-bond acceptors (Lipinski definition) is 7. The number of benzene rings is 2. The first-order valence-electron chi connectivity index (χ1n) is 12.7. The van der Waals surface area contributed by atoms with E-state index in [1.807, 2.05) is 45.2 Å². The zero-order chi connectivity index (χ0) is 31.1. The molecule has 3 amide bonds. The zero-order valence-corrected chi connectivity index (χ0v) is 30.5. The Labute approximate surface area is 296 Å². The largest absolute Gasteiger partial charge is 0.506 e. The molecular formula is C27H26I4N2O9. The molecule has 1 fully saturated rings. The van der Waals surface area contributed by atoms with Crippen LogP contribution in [-0.4, -0.2) is 62.0 Å². The predicted octanol–water partition coefficient (Wildman–Crippen LogP) is 5.27. The average Bonchev–Trinajstić information content (AvgIpc) is 3.23. The number of aromatic hydroxyl groups is 1. The van der Waals surface area contributed by atoms with Gasteiger partial charge >= 0.3 is 11.9 Å². The number of carboxylic acid groups (broad SMARTS) is 2. The summed E-state index contributed by atoms with van der Waals surface area (Å²) in [6.07, 6.45) is 1.22. The smallest absolute Gasteiger partial charge is 0.326 e. The van der Waals surface area contributed by atoms with Gasteiger partial charge in [-0.15, -0.1) is 0 Å². The molecule has 4 N–H and O–H groups in total. The molecule has 2 aromatic carbocycles. The van der Waals surface area contributed by atoms with Crippen molar-refractivity contribution in [3.05, 3.63) is 44.1 Å². The van der Waals surface area contributed by atoms with Gasteiger partial charge in [-0.3, -0.25) is 24.1 Å². The standard InChI is InChI=1S/C27H26I4N2O9/c28-15-11-14(12-16(29)24(15)38)42-25-17(30)8-13(9-18(25)31)10-19(27(40)41)32-26(39)20(4-2-1-3-5-23(36)37)33-21(34)6-7-22(33)35/h8-9,11-12,19-20,38H,1-7,10H2,(H,32,39)(H,36,37)(H,40,41)/t19-,20?/m1/s1. The van der Waals surface area contributed by atoms with Gasteiger partial charge in [0.2, 0.25) is 17.7 Å². The molecule has 0 radical (unpaired) electrons. The topological polar surface area (TPSA) is 171 Å². The molecule has 42 heavy (non-hydrogen) atoms. The van der Waals surface area contributed by atoms with Crippen molar-refractivity contribution in [3.63, 3.8) is 0 Å². The lowest BCUT2D eigenvalue weighted by Crippen LogP contribution is -2.53. The Morgan fingerprint density at radius 1 is 0.881 bits per heavy atom. The van der Waals surface area contributed by atoms with E-state index in [2.05, 4.69) is 50.5 Å². The van der Waals surface area contributed by atoms with Gasteiger partial charge < -0.3 is 25.4 Å². The molecule has 2 atom stereocenters. The van der Waals surface area contributed by atoms with Gasteiger partial charge in [-0.05, 0) is 133 Å². The summed E-state index contributed by atoms with van der Waals surface area (Å²) in [6.45, 7) is 0. The molecule has 0 aromatic heterocycles. The molecule has 1 aliphatic heterocycles. The normalized spacial score (nSPS) is 14.5. The van der Waals surface area contributed by atoms with Crippen LogP contribution >= 0.6 is 90.4 Å². The third-order valence-electron chi connectivity index (χ3n) is 6.40. The fraction of sp³-hybridized carbons (Fsp3) is 0.370. The van der Waals surface area contributed by atoms with E-state index >= 15 is 0 Å². The first kappa shape index (κ1) is 35.0. The summed E-state index contributed by atoms with van der Waals surface area (Å²) in [7, 11) is 0. The van der Waals surface area contributed by atoms with Gasteiger partial charge in [-0.25, -0.2) is 4.79 Å². The van der Waals surface area contributed by atoms with E-state index in [1.54, 1.807) is 24.3 Å². The number of rotatable bonds is 14. The Hall–Kier alpha value is -1.49. The molecular weight excluding hydrogens is 1000 g/mol. The van der Waals surface area contributed by atoms with Crippen molar-refractivity contribution in [2.24, 2.45) is 0 Å². The highest BCUT2D eigenvalue weighted by Crippen LogP contribution is 2.37. The Morgan fingerprint density at radius 3 is 1.98 bits per heavy atom. The highest BCUT2D eigenvalue weighted by molar-refractivity contribution is 14.1. The number of carbonyl (C=O) groups is 5. The van der Waals surface area contributed by atoms with Crippen LogP contribution in [0.25, 0.3) is 0 Å². The molecule has 1 saturated heterocycles. The highest BCUT2D eigenvalue weighted by Gasteiger charge is 2.39. The molecule has 11 nitrogen and oxygen atoms in total. The highest BCUT2D eigenvalue weighted by atomic mass is 127. The minimum absolute atomic E-state index is 0.0161. The van der Waals surface area contributed by atoms with Crippen LogP contribution < -0.4 is 10.1 Å². The Bertz CT molecular complexity index is 1340. The van der Waals surface area contributed by atoms with Gasteiger partial charge in [0.15, 0.2) is 5.75 Å². The van der Waals surface area contributed by atoms with E-state index in [-0.39, 0.29) is 37.9 Å². The van der Waals surface area contributed by atoms with Crippen molar-refractivity contribution >= 4 is 120 Å². The Balaban J connectivity index is 1.76. The van der Waals surface area contributed by atoms with Gasteiger partial charge in [-0.1, -0.05) is 12.8 Å². The lowest BCUT2D eigenvalue weighted by Gasteiger charge is -2.27. The number of carbonyl (C=O) groups excluding carboxylic acids is 3. The van der Waals surface area contributed by atoms with E-state index in [9.17, 15) is 34.2 Å². The predicted molar refractivity (Wildman–Crippen MR) is 184 cm³/mol. The second-order valence-corrected chi connectivity index (χ2v) is 14.1. The van der Waals surface area contributed by atoms with Crippen molar-refractivity contribution in [2.45, 2.75) is 63.5 Å². The molecule has 0 spiro atoms. The van der Waals surface area contributed by atoms with E-state index in [4.69, 9.17) is 9.84 Å². The number of phenolic OH excluding ortho intramolecular Hbond substituents is 1. The summed E-state index contributed by atoms with van der Waals surface area (Å²) in [5, 5.41) is 31.3. The van der Waals surface area contributed by atoms with Crippen LogP contribution in [0.5, 0.6) is 17.2 Å². The van der Waals surface area contributed by atoms with Crippen molar-refractivity contribution in [1.29, 1.82) is 0 Å². The maximum absolute atomic E-state index is 13.3. The van der Waals surface area contributed by atoms with Gasteiger partial charge in [0.05, 0.1) is 14.3 Å². The summed E-state index contributed by atoms with van der Waals surface area (Å²) in [4.78, 5) is 62.0. The lowest BCUT2D eigenvalue weighted by atomic mass is 10.0. The molecule has 2 aromatic rings. The van der Waals surface area contributed by atoms with E-state index in [0.29, 0.717) is 50.6 Å². The maximum atomic E-state index is 13.3. The molecule has 0 aliphatic carbocycles. The monoisotopic (exact) mass is 1030 g/mol. The number of aliphatic carboxylic acids is 2. The summed E-state index contributed by atoms with van der Waals surface area (Å²) in [5.41, 5.74) is 0.622. The molecule has 15 heteroatoms. The first-order valence-corrected chi connectivity index (χ1v) is 17.0. The third kappa shape index (κ3) is 9.50. The number of nitrogens with one attached hydrogen (secondary N) is 1. The van der Waals surface area contributed by atoms with Gasteiger partial charge in [0.1, 0.15) is 23.6 Å². The van der Waals surface area contributed by atoms with E-state index in [0.717, 1.165) is 4.90 Å². The average molecular weight is 1030 g/mol. The van der Waals surface area contributed by atoms with Crippen LogP contribution in [0.4, 0.5) is 0 Å². The van der Waals surface area contributed by atoms with Crippen molar-refractivity contribution in [3.8, 4) is 17.2 Å². The minimum atomic E-state index is -1.33. The van der Waals surface area contributed by atoms with Gasteiger partial charge in [0.25, 0.3) is 0 Å². The molecule has 0 bridgehead atoms. The Kier molecular flexibility index (Phi) is 13.3. The summed E-state index contributed by atoms with van der Waals surface area (Å²) in [6, 6.07) is 4.40. The minimum Gasteiger partial charge on any atom is -0.506 e. The van der Waals surface area contributed by atoms with Crippen molar-refractivity contribution in [2.75, 3.05) is 0 Å². The SMILES string of the molecule is O=C(O)CCCCCC(C(=O)N[C@H](Cc1cc(I)c(Oc2cc(I)c(O)c(I)c2)c(I)c1)C(=O)O)N1C(=O)CCC1=O. The molecule has 226 valence electrons. The van der Waals surface area contributed by atoms with Gasteiger partial charge in [0, 0.05) is 25.7 Å². The number of halogens is 4. The number of hydrogen-bond donors (Lipinski definition) is 4. The van der Waals surface area contributed by atoms with E-state index in [1.165, 1.54) is 0 Å². The molecule has 3 rings (SSSR count). The number of likely N-dealkylation sites (tertiary alicyclic amines) is 1. The number of ether oxygens (including phenoxy) is 1. The maximum Gasteiger partial charge on any atom is 0.326 e. The van der Waals surface area contributed by atoms with Crippen LogP contribution in [0.1, 0.15) is 50.5 Å². The fourth-order valence-corrected chi connectivity index (χ4v) is 8.19. The quantitative estimate of drug-likeness (QED) is 0.112. The van der Waals surface area contributed by atoms with Gasteiger partial charge in [-0.2, -0.15) is 0 Å². The lowest BCUT2D eigenvalue weighted by molar-refractivity contribution is -0.148. The van der Waals surface area contributed by atoms with Crippen LogP contribution in [0.3, 0.4) is 0 Å². The van der Waals surface area contributed by atoms with Crippen LogP contribution in [0, 0.1) is 14.3 Å². The number of nitrogens with zero attached hydrogens (tertiary/aromatic N) is 1. The number of unbranched alkanes of at least 4 members (excludes halogenated alkanes) is 2. The summed E-state index contributed by atoms with van der Waals surface area (Å²) >= 11 is 8.19. The zero-order valence-electron chi connectivity index (χ0n) is 21.9. The molecule has 1 heterocycles. The molecule has 0 saturated carbocycles. The summed E-state index contributed by atoms with van der Waals surface area (Å²) in [5.74, 6) is -2.68. The number of phenols is 1. The van der Waals surface area contributed by atoms with Crippen LogP contribution in [-0.2, 0) is 30.4 Å². The number of imide groups is 1. The number of amides is 3. The second kappa shape index (κ2) is 16.0. The number of carboxylic acids is 2. The first-order chi connectivity index (χ1) is 19.8. The molecule has 1 aliphatic rings. The molecule has 1 unspecified atom stereocenters. The van der Waals surface area contributed by atoms with Crippen LogP contribution in [0.15, 0.2) is 24.3 Å². The van der Waals surface area contributed by atoms with Crippen molar-refractivity contribution < 1.29 is 44.0 Å². The summed E-state index contributed by atoms with van der Waals surface area (Å²) < 4.78 is 8.75. The fourth-order valence-electron chi connectivity index (χ4n) is 4.36.